The minimum absolute atomic E-state index is 0.136. The summed E-state index contributed by atoms with van der Waals surface area (Å²) in [4.78, 5) is 0. The smallest absolute Gasteiger partial charge is 0.120 e. The Morgan fingerprint density at radius 1 is 0.966 bits per heavy atom. The number of benzene rings is 3. The van der Waals surface area contributed by atoms with E-state index in [9.17, 15) is 5.11 Å². The van der Waals surface area contributed by atoms with Crippen molar-refractivity contribution in [1.29, 1.82) is 0 Å². The summed E-state index contributed by atoms with van der Waals surface area (Å²) in [5.74, 6) is 1.11. The van der Waals surface area contributed by atoms with Crippen LogP contribution in [-0.4, -0.2) is 11.7 Å². The summed E-state index contributed by atoms with van der Waals surface area (Å²) in [7, 11) is 0. The second-order valence-corrected chi connectivity index (χ2v) is 7.31. The van der Waals surface area contributed by atoms with Crippen molar-refractivity contribution in [2.45, 2.75) is 19.1 Å². The number of para-hydroxylation sites is 1. The predicted molar refractivity (Wildman–Crippen MR) is 117 cm³/mol. The Kier molecular flexibility index (Phi) is 5.74. The van der Waals surface area contributed by atoms with Gasteiger partial charge < -0.3 is 15.2 Å². The van der Waals surface area contributed by atoms with E-state index in [1.807, 2.05) is 73.7 Å². The van der Waals surface area contributed by atoms with Crippen LogP contribution in [0.1, 0.15) is 35.8 Å². The first-order chi connectivity index (χ1) is 14.1. The number of phenolic OH excluding ortho intramolecular Hbond substituents is 1. The van der Waals surface area contributed by atoms with Crippen LogP contribution in [0.3, 0.4) is 0 Å². The van der Waals surface area contributed by atoms with E-state index < -0.39 is 0 Å². The molecular formula is C24H23ClN2O2. The molecule has 0 saturated carbocycles. The summed E-state index contributed by atoms with van der Waals surface area (Å²) in [6.45, 7) is 2.61. The maximum absolute atomic E-state index is 10.4. The molecule has 0 fully saturated rings. The summed E-state index contributed by atoms with van der Waals surface area (Å²) in [6.07, 6.45) is 1.96. The van der Waals surface area contributed by atoms with Gasteiger partial charge in [0.05, 0.1) is 12.6 Å². The summed E-state index contributed by atoms with van der Waals surface area (Å²) in [5.41, 5.74) is 3.93. The summed E-state index contributed by atoms with van der Waals surface area (Å²) in [6, 6.07) is 23.0. The lowest BCUT2D eigenvalue weighted by Crippen LogP contribution is -2.39. The molecule has 2 atom stereocenters. The Morgan fingerprint density at radius 2 is 1.69 bits per heavy atom. The number of ether oxygens (including phenoxy) is 1. The topological polar surface area (TPSA) is 53.5 Å². The molecule has 29 heavy (non-hydrogen) atoms. The third kappa shape index (κ3) is 4.39. The number of aromatic hydroxyl groups is 1. The molecule has 148 valence electrons. The fourth-order valence-electron chi connectivity index (χ4n) is 3.48. The van der Waals surface area contributed by atoms with Crippen LogP contribution in [0, 0.1) is 0 Å². The number of hydrogen-bond donors (Lipinski definition) is 3. The molecule has 0 saturated heterocycles. The molecule has 0 radical (unpaired) electrons. The summed E-state index contributed by atoms with van der Waals surface area (Å²) < 4.78 is 5.56. The monoisotopic (exact) mass is 406 g/mol. The highest BCUT2D eigenvalue weighted by atomic mass is 35.5. The van der Waals surface area contributed by atoms with Gasteiger partial charge in [0, 0.05) is 16.3 Å². The van der Waals surface area contributed by atoms with Gasteiger partial charge in [-0.05, 0) is 66.6 Å². The van der Waals surface area contributed by atoms with E-state index in [-0.39, 0.29) is 18.0 Å². The van der Waals surface area contributed by atoms with Gasteiger partial charge in [-0.25, -0.2) is 0 Å². The van der Waals surface area contributed by atoms with Crippen LogP contribution >= 0.6 is 11.6 Å². The van der Waals surface area contributed by atoms with Crippen LogP contribution in [0.4, 0.5) is 0 Å². The third-order valence-corrected chi connectivity index (χ3v) is 5.18. The normalized spacial score (nSPS) is 18.6. The van der Waals surface area contributed by atoms with E-state index in [1.165, 1.54) is 0 Å². The van der Waals surface area contributed by atoms with E-state index in [2.05, 4.69) is 16.7 Å². The standard InChI is InChI=1S/C24H23ClN2O2/c1-2-29-19-13-9-16(10-14-19)21-15-22(20-5-3-4-6-23(20)28)27-24(26-21)17-7-11-18(25)12-8-17/h3-15,22,24,26-28H,2H2,1H3. The van der Waals surface area contributed by atoms with Gasteiger partial charge in [-0.15, -0.1) is 0 Å². The van der Waals surface area contributed by atoms with Crippen molar-refractivity contribution in [1.82, 2.24) is 10.6 Å². The van der Waals surface area contributed by atoms with Gasteiger partial charge in [0.15, 0.2) is 0 Å². The number of rotatable bonds is 5. The molecule has 0 aliphatic carbocycles. The molecule has 0 aromatic heterocycles. The molecule has 0 bridgehead atoms. The Hall–Kier alpha value is -2.95. The van der Waals surface area contributed by atoms with Crippen LogP contribution in [0.25, 0.3) is 5.70 Å². The molecule has 1 aliphatic heterocycles. The highest BCUT2D eigenvalue weighted by molar-refractivity contribution is 6.30. The minimum Gasteiger partial charge on any atom is -0.508 e. The fraction of sp³-hybridized carbons (Fsp3) is 0.167. The third-order valence-electron chi connectivity index (χ3n) is 4.93. The van der Waals surface area contributed by atoms with Crippen molar-refractivity contribution >= 4 is 17.3 Å². The van der Waals surface area contributed by atoms with Crippen molar-refractivity contribution in [3.8, 4) is 11.5 Å². The van der Waals surface area contributed by atoms with E-state index >= 15 is 0 Å². The number of phenols is 1. The van der Waals surface area contributed by atoms with Gasteiger partial charge in [0.2, 0.25) is 0 Å². The van der Waals surface area contributed by atoms with Crippen LogP contribution in [0.15, 0.2) is 78.9 Å². The first-order valence-electron chi connectivity index (χ1n) is 9.65. The zero-order valence-corrected chi connectivity index (χ0v) is 16.9. The lowest BCUT2D eigenvalue weighted by atomic mass is 9.98. The van der Waals surface area contributed by atoms with Gasteiger partial charge in [0.1, 0.15) is 17.7 Å². The maximum Gasteiger partial charge on any atom is 0.120 e. The lowest BCUT2D eigenvalue weighted by Gasteiger charge is -2.33. The summed E-state index contributed by atoms with van der Waals surface area (Å²) >= 11 is 6.06. The fourth-order valence-corrected chi connectivity index (χ4v) is 3.61. The number of halogens is 1. The molecule has 1 aliphatic rings. The zero-order valence-electron chi connectivity index (χ0n) is 16.1. The highest BCUT2D eigenvalue weighted by Crippen LogP contribution is 2.33. The Balaban J connectivity index is 1.71. The molecule has 0 spiro atoms. The molecule has 0 amide bonds. The second-order valence-electron chi connectivity index (χ2n) is 6.87. The van der Waals surface area contributed by atoms with Crippen molar-refractivity contribution < 1.29 is 9.84 Å². The molecule has 2 unspecified atom stereocenters. The Morgan fingerprint density at radius 3 is 2.38 bits per heavy atom. The van der Waals surface area contributed by atoms with E-state index in [0.29, 0.717) is 11.6 Å². The summed E-state index contributed by atoms with van der Waals surface area (Å²) in [5, 5.41) is 18.2. The highest BCUT2D eigenvalue weighted by Gasteiger charge is 2.25. The van der Waals surface area contributed by atoms with Gasteiger partial charge in [-0.2, -0.15) is 0 Å². The second kappa shape index (κ2) is 8.60. The first kappa shape index (κ1) is 19.4. The van der Waals surface area contributed by atoms with Crippen molar-refractivity contribution in [3.05, 3.63) is 101 Å². The molecular weight excluding hydrogens is 384 g/mol. The Bertz CT molecular complexity index is 1000. The Labute approximate surface area is 175 Å². The van der Waals surface area contributed by atoms with Crippen LogP contribution in [0.2, 0.25) is 5.02 Å². The molecule has 5 heteroatoms. The molecule has 3 aromatic rings. The maximum atomic E-state index is 10.4. The van der Waals surface area contributed by atoms with Crippen molar-refractivity contribution in [3.63, 3.8) is 0 Å². The first-order valence-corrected chi connectivity index (χ1v) is 10.0. The quantitative estimate of drug-likeness (QED) is 0.529. The zero-order chi connectivity index (χ0) is 20.2. The molecule has 3 aromatic carbocycles. The largest absolute Gasteiger partial charge is 0.508 e. The predicted octanol–water partition coefficient (Wildman–Crippen LogP) is 5.42. The van der Waals surface area contributed by atoms with Gasteiger partial charge in [-0.3, -0.25) is 5.32 Å². The molecule has 3 N–H and O–H groups in total. The average Bonchev–Trinajstić information content (AvgIpc) is 2.75. The average molecular weight is 407 g/mol. The molecule has 1 heterocycles. The lowest BCUT2D eigenvalue weighted by molar-refractivity contribution is 0.340. The van der Waals surface area contributed by atoms with Gasteiger partial charge in [-0.1, -0.05) is 41.9 Å². The number of nitrogens with one attached hydrogen (secondary N) is 2. The number of hydrogen-bond acceptors (Lipinski definition) is 4. The van der Waals surface area contributed by atoms with Crippen LogP contribution < -0.4 is 15.4 Å². The van der Waals surface area contributed by atoms with Crippen molar-refractivity contribution in [2.24, 2.45) is 0 Å². The molecule has 4 nitrogen and oxygen atoms in total. The minimum atomic E-state index is -0.153. The van der Waals surface area contributed by atoms with E-state index in [1.54, 1.807) is 6.07 Å². The van der Waals surface area contributed by atoms with Crippen molar-refractivity contribution in [2.75, 3.05) is 6.61 Å². The molecule has 4 rings (SSSR count). The van der Waals surface area contributed by atoms with Crippen LogP contribution in [-0.2, 0) is 0 Å². The van der Waals surface area contributed by atoms with Gasteiger partial charge >= 0.3 is 0 Å². The van der Waals surface area contributed by atoms with E-state index in [0.717, 1.165) is 28.1 Å². The van der Waals surface area contributed by atoms with E-state index in [4.69, 9.17) is 16.3 Å². The van der Waals surface area contributed by atoms with Gasteiger partial charge in [0.25, 0.3) is 0 Å². The SMILES string of the molecule is CCOc1ccc(C2=CC(c3ccccc3O)NC(c3ccc(Cl)cc3)N2)cc1. The van der Waals surface area contributed by atoms with Crippen LogP contribution in [0.5, 0.6) is 11.5 Å².